The molecule has 7 nitrogen and oxygen atoms in total. The number of hydrogen-bond donors (Lipinski definition) is 3. The van der Waals surface area contributed by atoms with Gasteiger partial charge in [0.05, 0.1) is 6.54 Å². The number of aromatic nitrogens is 1. The lowest BCUT2D eigenvalue weighted by Crippen LogP contribution is -2.71. The highest BCUT2D eigenvalue weighted by atomic mass is 35.5. The molecule has 3 fully saturated rings. The van der Waals surface area contributed by atoms with Crippen molar-refractivity contribution in [1.82, 2.24) is 10.3 Å². The van der Waals surface area contributed by atoms with Gasteiger partial charge in [0.15, 0.2) is 5.54 Å². The molecule has 5 N–H and O–H groups in total. The predicted molar refractivity (Wildman–Crippen MR) is 149 cm³/mol. The van der Waals surface area contributed by atoms with Crippen LogP contribution in [-0.4, -0.2) is 46.0 Å². The molecule has 1 aromatic rings. The van der Waals surface area contributed by atoms with Crippen LogP contribution >= 0.6 is 24.8 Å². The maximum Gasteiger partial charge on any atom is 0.331 e. The summed E-state index contributed by atoms with van der Waals surface area (Å²) < 4.78 is 0.149. The molecular weight excluding hydrogens is 497 g/mol. The molecule has 3 aliphatic rings. The van der Waals surface area contributed by atoms with E-state index in [4.69, 9.17) is 11.5 Å². The SMILES string of the molecule is CCCCN[C@H](CC1CCCCC1)C(=O)[N+]1(Cc2ccc(N)nc2C)CCC[C@@H]2C[C@@]21C(N)=O.Cl.Cl. The molecule has 1 unspecified atom stereocenters. The van der Waals surface area contributed by atoms with Crippen LogP contribution in [-0.2, 0) is 16.1 Å². The molecule has 9 heteroatoms. The lowest BCUT2D eigenvalue weighted by molar-refractivity contribution is -0.900. The second-order valence-corrected chi connectivity index (χ2v) is 11.1. The predicted octanol–water partition coefficient (Wildman–Crippen LogP) is 4.43. The number of aryl methyl sites for hydroxylation is 1. The molecule has 1 saturated heterocycles. The number of anilines is 1. The molecule has 2 heterocycles. The number of halogens is 2. The summed E-state index contributed by atoms with van der Waals surface area (Å²) in [6.45, 7) is 6.07. The number of quaternary nitrogens is 1. The van der Waals surface area contributed by atoms with Crippen molar-refractivity contribution in [3.05, 3.63) is 23.4 Å². The fourth-order valence-electron chi connectivity index (χ4n) is 6.95. The number of hydrogen-bond acceptors (Lipinski definition) is 5. The maximum absolute atomic E-state index is 14.7. The smallest absolute Gasteiger partial charge is 0.331 e. The Balaban J connectivity index is 0.00000228. The lowest BCUT2D eigenvalue weighted by atomic mass is 9.83. The van der Waals surface area contributed by atoms with Gasteiger partial charge in [0.1, 0.15) is 18.4 Å². The van der Waals surface area contributed by atoms with Crippen LogP contribution < -0.4 is 16.8 Å². The van der Waals surface area contributed by atoms with Crippen molar-refractivity contribution in [3.8, 4) is 0 Å². The summed E-state index contributed by atoms with van der Waals surface area (Å²) in [5.74, 6) is 1.11. The van der Waals surface area contributed by atoms with Crippen molar-refractivity contribution in [2.75, 3.05) is 18.8 Å². The van der Waals surface area contributed by atoms with Crippen molar-refractivity contribution < 1.29 is 14.1 Å². The Morgan fingerprint density at radius 1 is 1.17 bits per heavy atom. The standard InChI is InChI=1S/C27H43N5O2.2ClH/c1-3-4-14-30-23(16-20-9-6-5-7-10-20)25(33)32(18-21-12-13-24(28)31-19(21)2)15-8-11-22-17-27(22,32)26(29)34;;/h12-13,20,22-23,30H,3-11,14-18H2,1-2H3,(H3-,28,29,31,34);2*1H/p+1/t22-,23-,27+,32?;;/m1../s1. The number of nitrogens with one attached hydrogen (secondary N) is 1. The van der Waals surface area contributed by atoms with Gasteiger partial charge in [-0.3, -0.25) is 4.79 Å². The first-order chi connectivity index (χ1) is 16.3. The van der Waals surface area contributed by atoms with Crippen LogP contribution in [0.4, 0.5) is 5.82 Å². The highest BCUT2D eigenvalue weighted by molar-refractivity contribution is 5.91. The van der Waals surface area contributed by atoms with Crippen LogP contribution in [0.2, 0.25) is 0 Å². The maximum atomic E-state index is 14.7. The summed E-state index contributed by atoms with van der Waals surface area (Å²) in [7, 11) is 0. The fourth-order valence-corrected chi connectivity index (χ4v) is 6.95. The molecule has 204 valence electrons. The summed E-state index contributed by atoms with van der Waals surface area (Å²) >= 11 is 0. The molecule has 4 rings (SSSR count). The zero-order chi connectivity index (χ0) is 24.3. The number of piperidine rings is 1. The molecule has 0 radical (unpaired) electrons. The minimum atomic E-state index is -0.777. The fraction of sp³-hybridized carbons (Fsp3) is 0.741. The molecule has 2 saturated carbocycles. The number of nitrogens with zero attached hydrogens (tertiary/aromatic N) is 2. The number of primary amides is 1. The molecule has 1 aliphatic heterocycles. The van der Waals surface area contributed by atoms with E-state index >= 15 is 0 Å². The molecule has 0 aromatic carbocycles. The van der Waals surface area contributed by atoms with Gasteiger partial charge in [-0.1, -0.05) is 45.4 Å². The zero-order valence-electron chi connectivity index (χ0n) is 22.0. The lowest BCUT2D eigenvalue weighted by Gasteiger charge is -2.46. The van der Waals surface area contributed by atoms with Crippen molar-refractivity contribution >= 4 is 42.4 Å². The van der Waals surface area contributed by atoms with Gasteiger partial charge in [0.2, 0.25) is 0 Å². The highest BCUT2D eigenvalue weighted by Gasteiger charge is 2.76. The second-order valence-electron chi connectivity index (χ2n) is 11.1. The topological polar surface area (TPSA) is 111 Å². The molecule has 0 bridgehead atoms. The van der Waals surface area contributed by atoms with Crippen LogP contribution in [0.1, 0.15) is 88.8 Å². The third-order valence-corrected chi connectivity index (χ3v) is 8.95. The molecule has 0 spiro atoms. The van der Waals surface area contributed by atoms with Gasteiger partial charge in [-0.2, -0.15) is 0 Å². The van der Waals surface area contributed by atoms with Crippen LogP contribution in [0.3, 0.4) is 0 Å². The number of fused-ring (bicyclic) bond motifs is 1. The first kappa shape index (κ1) is 30.8. The Bertz CT molecular complexity index is 910. The molecule has 2 aliphatic carbocycles. The average Bonchev–Trinajstić information content (AvgIpc) is 3.58. The third kappa shape index (κ3) is 5.85. The number of rotatable bonds is 10. The van der Waals surface area contributed by atoms with E-state index in [1.54, 1.807) is 6.07 Å². The summed E-state index contributed by atoms with van der Waals surface area (Å²) in [5, 5.41) is 3.64. The summed E-state index contributed by atoms with van der Waals surface area (Å²) in [6.07, 6.45) is 11.8. The quantitative estimate of drug-likeness (QED) is 0.299. The van der Waals surface area contributed by atoms with Gasteiger partial charge >= 0.3 is 5.91 Å². The Morgan fingerprint density at radius 3 is 2.53 bits per heavy atom. The summed E-state index contributed by atoms with van der Waals surface area (Å²) in [4.78, 5) is 32.2. The van der Waals surface area contributed by atoms with Crippen molar-refractivity contribution in [3.63, 3.8) is 0 Å². The van der Waals surface area contributed by atoms with E-state index in [0.717, 1.165) is 56.3 Å². The first-order valence-electron chi connectivity index (χ1n) is 13.5. The Morgan fingerprint density at radius 2 is 1.89 bits per heavy atom. The normalized spacial score (nSPS) is 28.2. The first-order valence-corrected chi connectivity index (χ1v) is 13.5. The van der Waals surface area contributed by atoms with Gasteiger partial charge in [-0.05, 0) is 57.2 Å². The number of nitrogens with two attached hydrogens (primary N) is 2. The van der Waals surface area contributed by atoms with Gasteiger partial charge in [0, 0.05) is 23.6 Å². The van der Waals surface area contributed by atoms with Crippen LogP contribution in [0.15, 0.2) is 12.1 Å². The summed E-state index contributed by atoms with van der Waals surface area (Å²) in [6, 6.07) is 3.53. The second kappa shape index (κ2) is 12.9. The number of unbranched alkanes of at least 4 members (excludes halogenated alkanes) is 1. The Hall–Kier alpha value is -1.41. The molecule has 2 amide bonds. The number of likely N-dealkylation sites (tertiary alicyclic amines) is 1. The Labute approximate surface area is 228 Å². The number of pyridine rings is 1. The van der Waals surface area contributed by atoms with E-state index in [1.165, 1.54) is 32.1 Å². The molecule has 4 atom stereocenters. The molecular formula is C27H46Cl2N5O2+. The van der Waals surface area contributed by atoms with Gasteiger partial charge in [0.25, 0.3) is 5.91 Å². The third-order valence-electron chi connectivity index (χ3n) is 8.95. The molecule has 36 heavy (non-hydrogen) atoms. The Kier molecular flexibility index (Phi) is 11.0. The van der Waals surface area contributed by atoms with Crippen LogP contribution in [0.25, 0.3) is 0 Å². The highest BCUT2D eigenvalue weighted by Crippen LogP contribution is 2.59. The monoisotopic (exact) mass is 542 g/mol. The zero-order valence-corrected chi connectivity index (χ0v) is 23.6. The largest absolute Gasteiger partial charge is 0.384 e. The van der Waals surface area contributed by atoms with E-state index < -0.39 is 5.54 Å². The van der Waals surface area contributed by atoms with Gasteiger partial charge in [-0.25, -0.2) is 14.3 Å². The van der Waals surface area contributed by atoms with Crippen LogP contribution in [0.5, 0.6) is 0 Å². The number of carbonyl (C=O) groups is 2. The average molecular weight is 544 g/mol. The van der Waals surface area contributed by atoms with Gasteiger partial charge < -0.3 is 16.8 Å². The minimum absolute atomic E-state index is 0. The number of carbonyl (C=O) groups excluding carboxylic acids is 2. The van der Waals surface area contributed by atoms with E-state index in [-0.39, 0.29) is 53.1 Å². The van der Waals surface area contributed by atoms with Gasteiger partial charge in [-0.15, -0.1) is 24.8 Å². The molecule has 1 aromatic heterocycles. The number of amides is 2. The summed E-state index contributed by atoms with van der Waals surface area (Å²) in [5.41, 5.74) is 13.1. The van der Waals surface area contributed by atoms with E-state index in [0.29, 0.717) is 24.8 Å². The van der Waals surface area contributed by atoms with E-state index in [2.05, 4.69) is 17.2 Å². The number of nitrogen functional groups attached to an aromatic ring is 1. The van der Waals surface area contributed by atoms with Crippen LogP contribution in [0, 0.1) is 18.8 Å². The van der Waals surface area contributed by atoms with Crippen molar-refractivity contribution in [2.45, 2.75) is 103 Å². The van der Waals surface area contributed by atoms with E-state index in [9.17, 15) is 9.59 Å². The van der Waals surface area contributed by atoms with Crippen molar-refractivity contribution in [1.29, 1.82) is 0 Å². The van der Waals surface area contributed by atoms with Crippen molar-refractivity contribution in [2.24, 2.45) is 17.6 Å². The minimum Gasteiger partial charge on any atom is -0.384 e. The van der Waals surface area contributed by atoms with E-state index in [1.807, 2.05) is 13.0 Å².